The number of amides is 2. The number of nitrogens with one attached hydrogen (secondary N) is 2. The molecule has 2 amide bonds. The quantitative estimate of drug-likeness (QED) is 0.844. The van der Waals surface area contributed by atoms with E-state index >= 15 is 0 Å². The Hall–Kier alpha value is -2.23. The minimum Gasteiger partial charge on any atom is -0.345 e. The molecule has 0 fully saturated rings. The van der Waals surface area contributed by atoms with Crippen molar-refractivity contribution in [3.05, 3.63) is 58.9 Å². The number of aromatic nitrogens is 1. The van der Waals surface area contributed by atoms with Crippen LogP contribution in [0.5, 0.6) is 0 Å². The molecule has 1 aromatic carbocycles. The highest BCUT2D eigenvalue weighted by Gasteiger charge is 2.06. The van der Waals surface area contributed by atoms with Crippen LogP contribution in [0.15, 0.2) is 36.5 Å². The minimum atomic E-state index is -0.110. The molecule has 0 spiro atoms. The maximum absolute atomic E-state index is 11.6. The first-order valence-electron chi connectivity index (χ1n) is 7.82. The van der Waals surface area contributed by atoms with E-state index in [0.717, 1.165) is 18.7 Å². The van der Waals surface area contributed by atoms with E-state index in [1.807, 2.05) is 19.1 Å². The third kappa shape index (κ3) is 4.38. The molecule has 4 nitrogen and oxygen atoms in total. The molecule has 0 saturated carbocycles. The predicted molar refractivity (Wildman–Crippen MR) is 90.0 cm³/mol. The zero-order chi connectivity index (χ0) is 15.9. The lowest BCUT2D eigenvalue weighted by Gasteiger charge is -2.13. The Morgan fingerprint density at radius 1 is 1.18 bits per heavy atom. The van der Waals surface area contributed by atoms with Crippen LogP contribution < -0.4 is 10.6 Å². The molecule has 0 radical (unpaired) electrons. The number of hydrogen-bond donors (Lipinski definition) is 2. The molecule has 0 bridgehead atoms. The molecule has 0 aliphatic carbocycles. The van der Waals surface area contributed by atoms with Crippen molar-refractivity contribution in [2.45, 2.75) is 40.3 Å². The summed E-state index contributed by atoms with van der Waals surface area (Å²) < 4.78 is 2.18. The van der Waals surface area contributed by atoms with E-state index in [9.17, 15) is 4.79 Å². The number of aryl methyl sites for hydroxylation is 2. The van der Waals surface area contributed by atoms with Gasteiger partial charge in [-0.3, -0.25) is 0 Å². The zero-order valence-corrected chi connectivity index (χ0v) is 13.6. The maximum atomic E-state index is 11.6. The second kappa shape index (κ2) is 7.69. The van der Waals surface area contributed by atoms with Gasteiger partial charge in [0, 0.05) is 25.0 Å². The summed E-state index contributed by atoms with van der Waals surface area (Å²) in [6, 6.07) is 10.5. The summed E-state index contributed by atoms with van der Waals surface area (Å²) in [5, 5.41) is 5.72. The molecule has 118 valence electrons. The summed E-state index contributed by atoms with van der Waals surface area (Å²) in [6.45, 7) is 8.35. The monoisotopic (exact) mass is 299 g/mol. The summed E-state index contributed by atoms with van der Waals surface area (Å²) in [7, 11) is 0. The minimum absolute atomic E-state index is 0.110. The van der Waals surface area contributed by atoms with Gasteiger partial charge in [-0.1, -0.05) is 30.7 Å². The highest BCUT2D eigenvalue weighted by Crippen LogP contribution is 2.14. The molecular weight excluding hydrogens is 274 g/mol. The number of carbonyl (C=O) groups is 1. The standard InChI is InChI=1S/C18H25N3O/c1-4-9-19-18(22)20-12-17-6-5-10-21(17)13-16-11-14(2)7-8-15(16)3/h5-8,10-11H,4,9,12-13H2,1-3H3,(H2,19,20,22). The van der Waals surface area contributed by atoms with Crippen molar-refractivity contribution >= 4 is 6.03 Å². The van der Waals surface area contributed by atoms with Crippen molar-refractivity contribution in [3.63, 3.8) is 0 Å². The molecule has 2 rings (SSSR count). The van der Waals surface area contributed by atoms with Gasteiger partial charge in [0.25, 0.3) is 0 Å². The molecule has 0 aliphatic heterocycles. The Morgan fingerprint density at radius 3 is 2.77 bits per heavy atom. The third-order valence-corrected chi connectivity index (χ3v) is 3.73. The second-order valence-electron chi connectivity index (χ2n) is 5.67. The summed E-state index contributed by atoms with van der Waals surface area (Å²) in [6.07, 6.45) is 3.00. The summed E-state index contributed by atoms with van der Waals surface area (Å²) in [4.78, 5) is 11.6. The average Bonchev–Trinajstić information content (AvgIpc) is 2.94. The Labute approximate surface area is 132 Å². The van der Waals surface area contributed by atoms with Crippen LogP contribution in [0.2, 0.25) is 0 Å². The number of urea groups is 1. The summed E-state index contributed by atoms with van der Waals surface area (Å²) in [5.74, 6) is 0. The van der Waals surface area contributed by atoms with E-state index in [4.69, 9.17) is 0 Å². The van der Waals surface area contributed by atoms with Gasteiger partial charge < -0.3 is 15.2 Å². The molecule has 2 aromatic rings. The Bertz CT molecular complexity index is 631. The number of rotatable bonds is 6. The first-order valence-corrected chi connectivity index (χ1v) is 7.82. The first kappa shape index (κ1) is 16.1. The zero-order valence-electron chi connectivity index (χ0n) is 13.6. The second-order valence-corrected chi connectivity index (χ2v) is 5.67. The maximum Gasteiger partial charge on any atom is 0.315 e. The highest BCUT2D eigenvalue weighted by atomic mass is 16.2. The number of carbonyl (C=O) groups excluding carboxylic acids is 1. The Balaban J connectivity index is 2.00. The van der Waals surface area contributed by atoms with Gasteiger partial charge in [0.15, 0.2) is 0 Å². The van der Waals surface area contributed by atoms with Crippen LogP contribution in [0.4, 0.5) is 4.79 Å². The molecule has 0 saturated heterocycles. The molecule has 1 heterocycles. The van der Waals surface area contributed by atoms with Gasteiger partial charge in [0.05, 0.1) is 6.54 Å². The van der Waals surface area contributed by atoms with Gasteiger partial charge in [-0.15, -0.1) is 0 Å². The van der Waals surface area contributed by atoms with Crippen LogP contribution in [0.25, 0.3) is 0 Å². The lowest BCUT2D eigenvalue weighted by molar-refractivity contribution is 0.240. The fourth-order valence-corrected chi connectivity index (χ4v) is 2.39. The van der Waals surface area contributed by atoms with Crippen molar-refractivity contribution in [1.82, 2.24) is 15.2 Å². The van der Waals surface area contributed by atoms with Gasteiger partial charge in [0.1, 0.15) is 0 Å². The van der Waals surface area contributed by atoms with E-state index in [2.05, 4.69) is 53.4 Å². The fraction of sp³-hybridized carbons (Fsp3) is 0.389. The van der Waals surface area contributed by atoms with Crippen LogP contribution >= 0.6 is 0 Å². The third-order valence-electron chi connectivity index (χ3n) is 3.73. The fourth-order valence-electron chi connectivity index (χ4n) is 2.39. The molecule has 22 heavy (non-hydrogen) atoms. The molecule has 0 aliphatic rings. The normalized spacial score (nSPS) is 10.5. The summed E-state index contributed by atoms with van der Waals surface area (Å²) in [5.41, 5.74) is 4.98. The molecular formula is C18H25N3O. The van der Waals surface area contributed by atoms with Crippen molar-refractivity contribution in [2.24, 2.45) is 0 Å². The van der Waals surface area contributed by atoms with E-state index in [1.54, 1.807) is 0 Å². The largest absolute Gasteiger partial charge is 0.345 e. The first-order chi connectivity index (χ1) is 10.6. The highest BCUT2D eigenvalue weighted by molar-refractivity contribution is 5.73. The van der Waals surface area contributed by atoms with Crippen molar-refractivity contribution in [1.29, 1.82) is 0 Å². The van der Waals surface area contributed by atoms with E-state index in [1.165, 1.54) is 16.7 Å². The van der Waals surface area contributed by atoms with Crippen LogP contribution in [0.3, 0.4) is 0 Å². The molecule has 0 atom stereocenters. The van der Waals surface area contributed by atoms with Crippen molar-refractivity contribution in [2.75, 3.05) is 6.54 Å². The predicted octanol–water partition coefficient (Wildman–Crippen LogP) is 3.36. The number of hydrogen-bond acceptors (Lipinski definition) is 1. The van der Waals surface area contributed by atoms with Gasteiger partial charge in [-0.2, -0.15) is 0 Å². The van der Waals surface area contributed by atoms with E-state index < -0.39 is 0 Å². The topological polar surface area (TPSA) is 46.1 Å². The van der Waals surface area contributed by atoms with E-state index in [0.29, 0.717) is 13.1 Å². The van der Waals surface area contributed by atoms with Crippen molar-refractivity contribution in [3.8, 4) is 0 Å². The Kier molecular flexibility index (Phi) is 5.64. The van der Waals surface area contributed by atoms with Crippen molar-refractivity contribution < 1.29 is 4.79 Å². The van der Waals surface area contributed by atoms with E-state index in [-0.39, 0.29) is 6.03 Å². The van der Waals surface area contributed by atoms with Gasteiger partial charge in [0.2, 0.25) is 0 Å². The van der Waals surface area contributed by atoms with Gasteiger partial charge >= 0.3 is 6.03 Å². The molecule has 2 N–H and O–H groups in total. The molecule has 4 heteroatoms. The molecule has 1 aromatic heterocycles. The van der Waals surface area contributed by atoms with Crippen LogP contribution in [-0.2, 0) is 13.1 Å². The van der Waals surface area contributed by atoms with Crippen LogP contribution in [-0.4, -0.2) is 17.1 Å². The van der Waals surface area contributed by atoms with Crippen LogP contribution in [0, 0.1) is 13.8 Å². The van der Waals surface area contributed by atoms with Crippen LogP contribution in [0.1, 0.15) is 35.7 Å². The SMILES string of the molecule is CCCNC(=O)NCc1cccn1Cc1cc(C)ccc1C. The smallest absolute Gasteiger partial charge is 0.315 e. The molecule has 0 unspecified atom stereocenters. The van der Waals surface area contributed by atoms with Gasteiger partial charge in [-0.05, 0) is 43.5 Å². The lowest BCUT2D eigenvalue weighted by atomic mass is 10.1. The number of nitrogens with zero attached hydrogens (tertiary/aromatic N) is 1. The number of benzene rings is 1. The Morgan fingerprint density at radius 2 is 2.00 bits per heavy atom. The lowest BCUT2D eigenvalue weighted by Crippen LogP contribution is -2.35. The summed E-state index contributed by atoms with van der Waals surface area (Å²) >= 11 is 0. The van der Waals surface area contributed by atoms with Gasteiger partial charge in [-0.25, -0.2) is 4.79 Å². The average molecular weight is 299 g/mol.